The van der Waals surface area contributed by atoms with E-state index < -0.39 is 5.82 Å². The molecular weight excluding hydrogens is 245 g/mol. The second-order valence-corrected chi connectivity index (χ2v) is 5.10. The van der Waals surface area contributed by atoms with Crippen LogP contribution < -0.4 is 4.90 Å². The van der Waals surface area contributed by atoms with Crippen molar-refractivity contribution in [2.24, 2.45) is 0 Å². The normalized spacial score (nSPS) is 19.9. The van der Waals surface area contributed by atoms with E-state index in [0.29, 0.717) is 17.4 Å². The lowest BCUT2D eigenvalue weighted by Gasteiger charge is -2.29. The molecule has 4 nitrogen and oxygen atoms in total. The van der Waals surface area contributed by atoms with Gasteiger partial charge in [-0.1, -0.05) is 6.92 Å². The number of likely N-dealkylation sites (N-methyl/N-ethyl adjacent to an activating group) is 2. The molecule has 19 heavy (non-hydrogen) atoms. The summed E-state index contributed by atoms with van der Waals surface area (Å²) < 4.78 is 13.1. The van der Waals surface area contributed by atoms with E-state index in [1.165, 1.54) is 25.1 Å². The summed E-state index contributed by atoms with van der Waals surface area (Å²) in [5, 5.41) is 9.31. The van der Waals surface area contributed by atoms with Gasteiger partial charge in [0.2, 0.25) is 0 Å². The van der Waals surface area contributed by atoms with E-state index in [0.717, 1.165) is 19.6 Å². The molecule has 1 N–H and O–H groups in total. The van der Waals surface area contributed by atoms with Gasteiger partial charge in [0.25, 0.3) is 0 Å². The maximum absolute atomic E-state index is 13.1. The summed E-state index contributed by atoms with van der Waals surface area (Å²) in [5.41, 5.74) is 0.545. The molecule has 0 amide bonds. The average Bonchev–Trinajstić information content (AvgIpc) is 2.85. The summed E-state index contributed by atoms with van der Waals surface area (Å²) in [6, 6.07) is 1.87. The van der Waals surface area contributed by atoms with Crippen LogP contribution >= 0.6 is 0 Å². The quantitative estimate of drug-likeness (QED) is 0.880. The maximum Gasteiger partial charge on any atom is 0.142 e. The molecule has 1 unspecified atom stereocenters. The Morgan fingerprint density at radius 2 is 2.37 bits per heavy atom. The Balaban J connectivity index is 2.09. The Kier molecular flexibility index (Phi) is 4.71. The number of aromatic nitrogens is 1. The molecule has 1 aromatic heterocycles. The molecule has 1 aliphatic heterocycles. The highest BCUT2D eigenvalue weighted by atomic mass is 19.1. The molecule has 1 aromatic rings. The molecule has 1 atom stereocenters. The number of pyridine rings is 1. The Bertz CT molecular complexity index is 427. The molecule has 0 radical (unpaired) electrons. The first kappa shape index (κ1) is 14.2. The highest BCUT2D eigenvalue weighted by Gasteiger charge is 2.25. The fraction of sp³-hybridized carbons (Fsp3) is 0.643. The van der Waals surface area contributed by atoms with E-state index >= 15 is 0 Å². The fourth-order valence-corrected chi connectivity index (χ4v) is 2.85. The number of nitrogens with zero attached hydrogens (tertiary/aromatic N) is 3. The van der Waals surface area contributed by atoms with E-state index in [9.17, 15) is 9.50 Å². The van der Waals surface area contributed by atoms with Crippen molar-refractivity contribution in [1.29, 1.82) is 0 Å². The van der Waals surface area contributed by atoms with Crippen LogP contribution in [-0.4, -0.2) is 47.7 Å². The molecule has 0 bridgehead atoms. The van der Waals surface area contributed by atoms with Crippen molar-refractivity contribution in [3.05, 3.63) is 23.6 Å². The van der Waals surface area contributed by atoms with Gasteiger partial charge in [0.15, 0.2) is 0 Å². The first-order valence-electron chi connectivity index (χ1n) is 6.86. The first-order valence-corrected chi connectivity index (χ1v) is 6.86. The smallest absolute Gasteiger partial charge is 0.142 e. The number of anilines is 1. The Labute approximate surface area is 113 Å². The lowest BCUT2D eigenvalue weighted by atomic mass is 10.2. The van der Waals surface area contributed by atoms with Gasteiger partial charge >= 0.3 is 0 Å². The third-order valence-electron chi connectivity index (χ3n) is 3.83. The molecule has 0 aromatic carbocycles. The van der Waals surface area contributed by atoms with Crippen molar-refractivity contribution < 1.29 is 9.50 Å². The molecule has 1 aliphatic rings. The molecule has 0 saturated carbocycles. The zero-order valence-corrected chi connectivity index (χ0v) is 11.6. The van der Waals surface area contributed by atoms with Crippen LogP contribution in [0, 0.1) is 5.82 Å². The number of likely N-dealkylation sites (tertiary alicyclic amines) is 1. The third kappa shape index (κ3) is 3.22. The highest BCUT2D eigenvalue weighted by Crippen LogP contribution is 2.22. The Morgan fingerprint density at radius 3 is 3.05 bits per heavy atom. The van der Waals surface area contributed by atoms with Crippen molar-refractivity contribution in [3.63, 3.8) is 0 Å². The second kappa shape index (κ2) is 6.30. The van der Waals surface area contributed by atoms with Gasteiger partial charge in [0.05, 0.1) is 12.8 Å². The predicted octanol–water partition coefficient (Wildman–Crippen LogP) is 1.63. The van der Waals surface area contributed by atoms with Gasteiger partial charge in [-0.15, -0.1) is 0 Å². The van der Waals surface area contributed by atoms with Gasteiger partial charge in [0, 0.05) is 25.2 Å². The van der Waals surface area contributed by atoms with Gasteiger partial charge < -0.3 is 10.0 Å². The van der Waals surface area contributed by atoms with Crippen LogP contribution in [0.2, 0.25) is 0 Å². The van der Waals surface area contributed by atoms with Crippen LogP contribution in [0.5, 0.6) is 0 Å². The summed E-state index contributed by atoms with van der Waals surface area (Å²) in [4.78, 5) is 8.59. The average molecular weight is 267 g/mol. The summed E-state index contributed by atoms with van der Waals surface area (Å²) in [6.07, 6.45) is 3.63. The molecule has 0 spiro atoms. The molecule has 1 fully saturated rings. The summed E-state index contributed by atoms with van der Waals surface area (Å²) in [6.45, 7) is 5.06. The number of halogens is 1. The van der Waals surface area contributed by atoms with E-state index in [2.05, 4.69) is 16.8 Å². The standard InChI is InChI=1S/C14H22FN3O/c1-3-18-6-4-5-13(18)9-17(2)14-11(10-19)7-12(15)8-16-14/h7-8,13,19H,3-6,9-10H2,1-2H3. The Hall–Kier alpha value is -1.20. The topological polar surface area (TPSA) is 39.6 Å². The highest BCUT2D eigenvalue weighted by molar-refractivity contribution is 5.46. The zero-order valence-electron chi connectivity index (χ0n) is 11.6. The third-order valence-corrected chi connectivity index (χ3v) is 3.83. The molecular formula is C14H22FN3O. The van der Waals surface area contributed by atoms with Crippen molar-refractivity contribution in [3.8, 4) is 0 Å². The fourth-order valence-electron chi connectivity index (χ4n) is 2.85. The van der Waals surface area contributed by atoms with Gasteiger partial charge in [0.1, 0.15) is 11.6 Å². The number of rotatable bonds is 5. The van der Waals surface area contributed by atoms with Gasteiger partial charge in [-0.2, -0.15) is 0 Å². The van der Waals surface area contributed by atoms with Gasteiger partial charge in [-0.3, -0.25) is 4.90 Å². The number of hydrogen-bond donors (Lipinski definition) is 1. The number of aliphatic hydroxyl groups excluding tert-OH is 1. The van der Waals surface area contributed by atoms with Crippen LogP contribution in [-0.2, 0) is 6.61 Å². The van der Waals surface area contributed by atoms with Crippen molar-refractivity contribution in [2.45, 2.75) is 32.4 Å². The van der Waals surface area contributed by atoms with Gasteiger partial charge in [-0.25, -0.2) is 9.37 Å². The Morgan fingerprint density at radius 1 is 1.58 bits per heavy atom. The van der Waals surface area contributed by atoms with Crippen LogP contribution in [0.3, 0.4) is 0 Å². The van der Waals surface area contributed by atoms with Crippen molar-refractivity contribution in [2.75, 3.05) is 31.6 Å². The molecule has 5 heteroatoms. The second-order valence-electron chi connectivity index (χ2n) is 5.10. The minimum absolute atomic E-state index is 0.188. The minimum Gasteiger partial charge on any atom is -0.392 e. The largest absolute Gasteiger partial charge is 0.392 e. The molecule has 0 aliphatic carbocycles. The van der Waals surface area contributed by atoms with E-state index in [1.54, 1.807) is 0 Å². The van der Waals surface area contributed by atoms with Crippen molar-refractivity contribution in [1.82, 2.24) is 9.88 Å². The SMILES string of the molecule is CCN1CCCC1CN(C)c1ncc(F)cc1CO. The lowest BCUT2D eigenvalue weighted by molar-refractivity contribution is 0.268. The molecule has 106 valence electrons. The van der Waals surface area contributed by atoms with E-state index in [1.807, 2.05) is 11.9 Å². The van der Waals surface area contributed by atoms with E-state index in [4.69, 9.17) is 0 Å². The minimum atomic E-state index is -0.405. The molecule has 1 saturated heterocycles. The van der Waals surface area contributed by atoms with E-state index in [-0.39, 0.29) is 6.61 Å². The van der Waals surface area contributed by atoms with Crippen LogP contribution in [0.15, 0.2) is 12.3 Å². The van der Waals surface area contributed by atoms with Gasteiger partial charge in [-0.05, 0) is 32.0 Å². The number of hydrogen-bond acceptors (Lipinski definition) is 4. The summed E-state index contributed by atoms with van der Waals surface area (Å²) in [5.74, 6) is 0.268. The van der Waals surface area contributed by atoms with Crippen LogP contribution in [0.4, 0.5) is 10.2 Å². The predicted molar refractivity (Wildman–Crippen MR) is 73.7 cm³/mol. The monoisotopic (exact) mass is 267 g/mol. The van der Waals surface area contributed by atoms with Crippen molar-refractivity contribution >= 4 is 5.82 Å². The lowest BCUT2D eigenvalue weighted by Crippen LogP contribution is -2.39. The molecule has 2 heterocycles. The first-order chi connectivity index (χ1) is 9.15. The zero-order chi connectivity index (χ0) is 13.8. The summed E-state index contributed by atoms with van der Waals surface area (Å²) >= 11 is 0. The molecule has 2 rings (SSSR count). The van der Waals surface area contributed by atoms with Crippen LogP contribution in [0.1, 0.15) is 25.3 Å². The summed E-state index contributed by atoms with van der Waals surface area (Å²) in [7, 11) is 1.95. The maximum atomic E-state index is 13.1. The number of aliphatic hydroxyl groups is 1. The van der Waals surface area contributed by atoms with Crippen LogP contribution in [0.25, 0.3) is 0 Å².